The molecular weight excluding hydrogens is 284 g/mol. The number of aliphatic hydroxyl groups excluding tert-OH is 1. The van der Waals surface area contributed by atoms with E-state index >= 15 is 0 Å². The van der Waals surface area contributed by atoms with Crippen LogP contribution in [0, 0.1) is 0 Å². The molecule has 2 aliphatic rings. The maximum absolute atomic E-state index is 10.3. The Morgan fingerprint density at radius 1 is 1.23 bits per heavy atom. The summed E-state index contributed by atoms with van der Waals surface area (Å²) in [5.74, 6) is 1.45. The van der Waals surface area contributed by atoms with E-state index < -0.39 is 6.10 Å². The largest absolute Gasteiger partial charge is 0.454 e. The number of nitrogens with one attached hydrogen (secondary N) is 1. The SMILES string of the molecule is CC(CN1CCOCC1)NCC(O)c1ccc2c(c1)OCO2. The maximum Gasteiger partial charge on any atom is 0.231 e. The van der Waals surface area contributed by atoms with Crippen LogP contribution in [-0.2, 0) is 4.74 Å². The van der Waals surface area contributed by atoms with Crippen LogP contribution in [-0.4, -0.2) is 62.2 Å². The van der Waals surface area contributed by atoms with Crippen LogP contribution >= 0.6 is 0 Å². The van der Waals surface area contributed by atoms with Crippen LogP contribution in [0.2, 0.25) is 0 Å². The third-order valence-corrected chi connectivity index (χ3v) is 4.08. The van der Waals surface area contributed by atoms with E-state index in [9.17, 15) is 5.11 Å². The van der Waals surface area contributed by atoms with Gasteiger partial charge in [0.2, 0.25) is 6.79 Å². The van der Waals surface area contributed by atoms with Crippen LogP contribution in [0.5, 0.6) is 11.5 Å². The highest BCUT2D eigenvalue weighted by Crippen LogP contribution is 2.34. The summed E-state index contributed by atoms with van der Waals surface area (Å²) in [6.07, 6.45) is -0.554. The molecule has 6 heteroatoms. The van der Waals surface area contributed by atoms with Gasteiger partial charge in [0, 0.05) is 32.2 Å². The zero-order valence-electron chi connectivity index (χ0n) is 13.0. The molecule has 2 aliphatic heterocycles. The molecule has 22 heavy (non-hydrogen) atoms. The molecule has 2 heterocycles. The molecule has 1 aromatic carbocycles. The minimum absolute atomic E-state index is 0.254. The first kappa shape index (κ1) is 15.6. The third-order valence-electron chi connectivity index (χ3n) is 4.08. The lowest BCUT2D eigenvalue weighted by Gasteiger charge is -2.29. The monoisotopic (exact) mass is 308 g/mol. The number of ether oxygens (including phenoxy) is 3. The highest BCUT2D eigenvalue weighted by Gasteiger charge is 2.18. The molecule has 0 radical (unpaired) electrons. The lowest BCUT2D eigenvalue weighted by molar-refractivity contribution is 0.0336. The maximum atomic E-state index is 10.3. The van der Waals surface area contributed by atoms with E-state index in [0.29, 0.717) is 18.3 Å². The van der Waals surface area contributed by atoms with Gasteiger partial charge in [-0.2, -0.15) is 0 Å². The Morgan fingerprint density at radius 3 is 2.82 bits per heavy atom. The molecule has 0 amide bonds. The average molecular weight is 308 g/mol. The Kier molecular flexibility index (Phi) is 5.15. The fourth-order valence-electron chi connectivity index (χ4n) is 2.79. The number of morpholine rings is 1. The molecule has 6 nitrogen and oxygen atoms in total. The first-order valence-corrected chi connectivity index (χ1v) is 7.83. The van der Waals surface area contributed by atoms with E-state index in [-0.39, 0.29) is 6.79 Å². The number of nitrogens with zero attached hydrogens (tertiary/aromatic N) is 1. The quantitative estimate of drug-likeness (QED) is 0.809. The van der Waals surface area contributed by atoms with E-state index in [1.165, 1.54) is 0 Å². The molecule has 2 unspecified atom stereocenters. The van der Waals surface area contributed by atoms with Crippen molar-refractivity contribution < 1.29 is 19.3 Å². The van der Waals surface area contributed by atoms with Crippen molar-refractivity contribution in [3.05, 3.63) is 23.8 Å². The van der Waals surface area contributed by atoms with Gasteiger partial charge in [0.25, 0.3) is 0 Å². The molecule has 2 N–H and O–H groups in total. The number of fused-ring (bicyclic) bond motifs is 1. The van der Waals surface area contributed by atoms with Crippen molar-refractivity contribution >= 4 is 0 Å². The highest BCUT2D eigenvalue weighted by atomic mass is 16.7. The first-order chi connectivity index (χ1) is 10.7. The van der Waals surface area contributed by atoms with E-state index in [1.54, 1.807) is 0 Å². The van der Waals surface area contributed by atoms with Crippen molar-refractivity contribution in [2.45, 2.75) is 19.1 Å². The Balaban J connectivity index is 1.46. The third kappa shape index (κ3) is 3.89. The van der Waals surface area contributed by atoms with Gasteiger partial charge in [-0.05, 0) is 24.6 Å². The molecule has 0 bridgehead atoms. The van der Waals surface area contributed by atoms with Crippen molar-refractivity contribution in [2.24, 2.45) is 0 Å². The van der Waals surface area contributed by atoms with Crippen LogP contribution in [0.25, 0.3) is 0 Å². The van der Waals surface area contributed by atoms with Crippen LogP contribution in [0.15, 0.2) is 18.2 Å². The number of hydrogen-bond acceptors (Lipinski definition) is 6. The second-order valence-corrected chi connectivity index (χ2v) is 5.85. The Hall–Kier alpha value is -1.34. The molecular formula is C16H24N2O4. The van der Waals surface area contributed by atoms with Gasteiger partial charge in [-0.3, -0.25) is 4.90 Å². The Morgan fingerprint density at radius 2 is 2.00 bits per heavy atom. The van der Waals surface area contributed by atoms with Crippen molar-refractivity contribution in [3.63, 3.8) is 0 Å². The number of hydrogen-bond donors (Lipinski definition) is 2. The highest BCUT2D eigenvalue weighted by molar-refractivity contribution is 5.45. The molecule has 1 aromatic rings. The van der Waals surface area contributed by atoms with Crippen LogP contribution in [0.3, 0.4) is 0 Å². The van der Waals surface area contributed by atoms with E-state index in [2.05, 4.69) is 17.1 Å². The van der Waals surface area contributed by atoms with Gasteiger partial charge in [-0.25, -0.2) is 0 Å². The van der Waals surface area contributed by atoms with E-state index in [1.807, 2.05) is 18.2 Å². The summed E-state index contributed by atoms with van der Waals surface area (Å²) in [4.78, 5) is 2.38. The lowest BCUT2D eigenvalue weighted by atomic mass is 10.1. The van der Waals surface area contributed by atoms with Crippen molar-refractivity contribution in [1.82, 2.24) is 10.2 Å². The fourth-order valence-corrected chi connectivity index (χ4v) is 2.79. The molecule has 0 aliphatic carbocycles. The molecule has 1 fully saturated rings. The zero-order chi connectivity index (χ0) is 15.4. The summed E-state index contributed by atoms with van der Waals surface area (Å²) < 4.78 is 16.0. The van der Waals surface area contributed by atoms with Crippen molar-refractivity contribution in [1.29, 1.82) is 0 Å². The predicted octanol–water partition coefficient (Wildman–Crippen LogP) is 0.759. The summed E-state index contributed by atoms with van der Waals surface area (Å²) >= 11 is 0. The summed E-state index contributed by atoms with van der Waals surface area (Å²) in [6.45, 7) is 7.47. The number of rotatable bonds is 6. The van der Waals surface area contributed by atoms with Gasteiger partial charge in [-0.15, -0.1) is 0 Å². The smallest absolute Gasteiger partial charge is 0.231 e. The van der Waals surface area contributed by atoms with Gasteiger partial charge in [0.05, 0.1) is 19.3 Å². The first-order valence-electron chi connectivity index (χ1n) is 7.83. The molecule has 0 saturated carbocycles. The van der Waals surface area contributed by atoms with Gasteiger partial charge >= 0.3 is 0 Å². The van der Waals surface area contributed by atoms with Gasteiger partial charge in [0.15, 0.2) is 11.5 Å². The van der Waals surface area contributed by atoms with Gasteiger partial charge in [0.1, 0.15) is 0 Å². The molecule has 3 rings (SSSR count). The second-order valence-electron chi connectivity index (χ2n) is 5.85. The van der Waals surface area contributed by atoms with Crippen molar-refractivity contribution in [2.75, 3.05) is 46.2 Å². The van der Waals surface area contributed by atoms with Gasteiger partial charge in [-0.1, -0.05) is 6.07 Å². The normalized spacial score (nSPS) is 20.8. The summed E-state index contributed by atoms with van der Waals surface area (Å²) in [6, 6.07) is 5.90. The van der Waals surface area contributed by atoms with Crippen LogP contribution < -0.4 is 14.8 Å². The minimum atomic E-state index is -0.554. The van der Waals surface area contributed by atoms with Gasteiger partial charge < -0.3 is 24.6 Å². The molecule has 0 spiro atoms. The molecule has 2 atom stereocenters. The van der Waals surface area contributed by atoms with Crippen LogP contribution in [0.4, 0.5) is 0 Å². The summed E-state index contributed by atoms with van der Waals surface area (Å²) in [7, 11) is 0. The number of aliphatic hydroxyl groups is 1. The minimum Gasteiger partial charge on any atom is -0.454 e. The lowest BCUT2D eigenvalue weighted by Crippen LogP contribution is -2.45. The number of benzene rings is 1. The average Bonchev–Trinajstić information content (AvgIpc) is 3.01. The molecule has 1 saturated heterocycles. The second kappa shape index (κ2) is 7.28. The fraction of sp³-hybridized carbons (Fsp3) is 0.625. The standard InChI is InChI=1S/C16H24N2O4/c1-12(10-18-4-6-20-7-5-18)17-9-14(19)13-2-3-15-16(8-13)22-11-21-15/h2-3,8,12,14,17,19H,4-7,9-11H2,1H3. The Labute approximate surface area is 131 Å². The topological polar surface area (TPSA) is 63.2 Å². The zero-order valence-corrected chi connectivity index (χ0v) is 13.0. The predicted molar refractivity (Wildman–Crippen MR) is 82.2 cm³/mol. The van der Waals surface area contributed by atoms with Crippen molar-refractivity contribution in [3.8, 4) is 11.5 Å². The summed E-state index contributed by atoms with van der Waals surface area (Å²) in [5.41, 5.74) is 0.843. The molecule has 0 aromatic heterocycles. The van der Waals surface area contributed by atoms with E-state index in [0.717, 1.165) is 44.2 Å². The summed E-state index contributed by atoms with van der Waals surface area (Å²) in [5, 5.41) is 13.7. The van der Waals surface area contributed by atoms with E-state index in [4.69, 9.17) is 14.2 Å². The Bertz CT molecular complexity index is 491. The molecule has 122 valence electrons. The van der Waals surface area contributed by atoms with Crippen LogP contribution in [0.1, 0.15) is 18.6 Å².